The first kappa shape index (κ1) is 14.2. The largest absolute Gasteiger partial charge is 0.317 e. The van der Waals surface area contributed by atoms with Crippen molar-refractivity contribution in [1.29, 1.82) is 0 Å². The molecule has 1 aromatic rings. The second kappa shape index (κ2) is 8.24. The molecular formula is C15H24FN. The Labute approximate surface area is 104 Å². The van der Waals surface area contributed by atoms with Crippen LogP contribution in [0.5, 0.6) is 0 Å². The van der Waals surface area contributed by atoms with Gasteiger partial charge in [-0.05, 0) is 37.6 Å². The molecule has 1 rings (SSSR count). The summed E-state index contributed by atoms with van der Waals surface area (Å²) in [6.07, 6.45) is 7.24. The summed E-state index contributed by atoms with van der Waals surface area (Å²) >= 11 is 0. The first-order valence-electron chi connectivity index (χ1n) is 6.68. The minimum Gasteiger partial charge on any atom is -0.317 e. The molecule has 2 heteroatoms. The molecule has 1 atom stereocenters. The fourth-order valence-corrected chi connectivity index (χ4v) is 2.11. The van der Waals surface area contributed by atoms with Gasteiger partial charge >= 0.3 is 0 Å². The molecule has 0 amide bonds. The van der Waals surface area contributed by atoms with Crippen molar-refractivity contribution >= 4 is 0 Å². The maximum Gasteiger partial charge on any atom is 0.123 e. The van der Waals surface area contributed by atoms with E-state index in [1.54, 1.807) is 12.1 Å². The van der Waals surface area contributed by atoms with Gasteiger partial charge in [0, 0.05) is 6.04 Å². The molecule has 0 saturated heterocycles. The lowest BCUT2D eigenvalue weighted by Crippen LogP contribution is -2.27. The van der Waals surface area contributed by atoms with E-state index < -0.39 is 0 Å². The Morgan fingerprint density at radius 1 is 1.24 bits per heavy atom. The average Bonchev–Trinajstić information content (AvgIpc) is 2.33. The molecule has 0 saturated carbocycles. The van der Waals surface area contributed by atoms with Crippen LogP contribution in [0, 0.1) is 5.82 Å². The van der Waals surface area contributed by atoms with Gasteiger partial charge in [-0.3, -0.25) is 0 Å². The Morgan fingerprint density at radius 2 is 2.06 bits per heavy atom. The number of benzene rings is 1. The lowest BCUT2D eigenvalue weighted by atomic mass is 10.00. The summed E-state index contributed by atoms with van der Waals surface area (Å²) in [5.74, 6) is -0.136. The third kappa shape index (κ3) is 5.83. The molecule has 0 aliphatic rings. The molecule has 0 aliphatic heterocycles. The normalized spacial score (nSPS) is 12.6. The van der Waals surface area contributed by atoms with Crippen LogP contribution in [0.1, 0.15) is 44.6 Å². The molecule has 17 heavy (non-hydrogen) atoms. The van der Waals surface area contributed by atoms with Crippen LogP contribution in [-0.4, -0.2) is 13.1 Å². The first-order valence-corrected chi connectivity index (χ1v) is 6.68. The van der Waals surface area contributed by atoms with Crippen molar-refractivity contribution in [3.63, 3.8) is 0 Å². The van der Waals surface area contributed by atoms with Gasteiger partial charge in [0.1, 0.15) is 5.82 Å². The Morgan fingerprint density at radius 3 is 2.71 bits per heavy atom. The summed E-state index contributed by atoms with van der Waals surface area (Å²) in [4.78, 5) is 0. The van der Waals surface area contributed by atoms with E-state index in [0.29, 0.717) is 6.04 Å². The van der Waals surface area contributed by atoms with Gasteiger partial charge in [0.05, 0.1) is 0 Å². The van der Waals surface area contributed by atoms with Crippen molar-refractivity contribution in [2.24, 2.45) is 0 Å². The average molecular weight is 237 g/mol. The van der Waals surface area contributed by atoms with Crippen molar-refractivity contribution in [2.45, 2.75) is 51.5 Å². The number of halogens is 1. The van der Waals surface area contributed by atoms with Gasteiger partial charge < -0.3 is 5.32 Å². The maximum absolute atomic E-state index is 13.1. The Balaban J connectivity index is 2.35. The predicted molar refractivity (Wildman–Crippen MR) is 71.7 cm³/mol. The molecular weight excluding hydrogens is 213 g/mol. The fraction of sp³-hybridized carbons (Fsp3) is 0.600. The summed E-state index contributed by atoms with van der Waals surface area (Å²) in [5, 5.41) is 3.32. The molecule has 0 fully saturated rings. The number of unbranched alkanes of at least 4 members (excludes halogenated alkanes) is 3. The van der Waals surface area contributed by atoms with Crippen LogP contribution in [0.3, 0.4) is 0 Å². The quantitative estimate of drug-likeness (QED) is 0.676. The number of hydrogen-bond donors (Lipinski definition) is 1. The van der Waals surface area contributed by atoms with Gasteiger partial charge in [-0.15, -0.1) is 0 Å². The van der Waals surface area contributed by atoms with Crippen molar-refractivity contribution in [3.8, 4) is 0 Å². The van der Waals surface area contributed by atoms with E-state index in [-0.39, 0.29) is 5.82 Å². The van der Waals surface area contributed by atoms with Gasteiger partial charge in [-0.2, -0.15) is 0 Å². The summed E-state index contributed by atoms with van der Waals surface area (Å²) in [6.45, 7) is 2.22. The first-order chi connectivity index (χ1) is 8.26. The minimum absolute atomic E-state index is 0.136. The zero-order valence-corrected chi connectivity index (χ0v) is 11.0. The van der Waals surface area contributed by atoms with Crippen LogP contribution >= 0.6 is 0 Å². The van der Waals surface area contributed by atoms with Gasteiger partial charge in [0.15, 0.2) is 0 Å². The highest BCUT2D eigenvalue weighted by Crippen LogP contribution is 2.11. The van der Waals surface area contributed by atoms with Crippen molar-refractivity contribution in [2.75, 3.05) is 7.05 Å². The molecule has 96 valence electrons. The summed E-state index contributed by atoms with van der Waals surface area (Å²) in [7, 11) is 1.99. The number of hydrogen-bond acceptors (Lipinski definition) is 1. The summed E-state index contributed by atoms with van der Waals surface area (Å²) in [6, 6.07) is 7.39. The molecule has 1 unspecified atom stereocenters. The maximum atomic E-state index is 13.1. The van der Waals surface area contributed by atoms with E-state index in [1.807, 2.05) is 13.1 Å². The molecule has 1 N–H and O–H groups in total. The Hall–Kier alpha value is -0.890. The topological polar surface area (TPSA) is 12.0 Å². The highest BCUT2D eigenvalue weighted by molar-refractivity contribution is 5.17. The van der Waals surface area contributed by atoms with Crippen LogP contribution in [0.2, 0.25) is 0 Å². The van der Waals surface area contributed by atoms with Crippen LogP contribution < -0.4 is 5.32 Å². The van der Waals surface area contributed by atoms with Crippen molar-refractivity contribution < 1.29 is 4.39 Å². The van der Waals surface area contributed by atoms with Gasteiger partial charge in [0.2, 0.25) is 0 Å². The lowest BCUT2D eigenvalue weighted by molar-refractivity contribution is 0.484. The second-order valence-corrected chi connectivity index (χ2v) is 4.67. The Kier molecular flexibility index (Phi) is 6.87. The fourth-order valence-electron chi connectivity index (χ4n) is 2.11. The van der Waals surface area contributed by atoms with Gasteiger partial charge in [-0.1, -0.05) is 44.7 Å². The van der Waals surface area contributed by atoms with Crippen LogP contribution in [0.25, 0.3) is 0 Å². The second-order valence-electron chi connectivity index (χ2n) is 4.67. The van der Waals surface area contributed by atoms with Crippen LogP contribution in [0.15, 0.2) is 24.3 Å². The molecule has 0 spiro atoms. The zero-order chi connectivity index (χ0) is 12.5. The highest BCUT2D eigenvalue weighted by atomic mass is 19.1. The standard InChI is InChI=1S/C15H24FN/c1-3-4-5-6-10-15(17-2)12-13-8-7-9-14(16)11-13/h7-9,11,15,17H,3-6,10,12H2,1-2H3. The van der Waals surface area contributed by atoms with Crippen LogP contribution in [-0.2, 0) is 6.42 Å². The third-order valence-electron chi connectivity index (χ3n) is 3.19. The van der Waals surface area contributed by atoms with E-state index in [4.69, 9.17) is 0 Å². The van der Waals surface area contributed by atoms with Gasteiger partial charge in [-0.25, -0.2) is 4.39 Å². The molecule has 0 bridgehead atoms. The molecule has 0 radical (unpaired) electrons. The summed E-state index contributed by atoms with van der Waals surface area (Å²) in [5.41, 5.74) is 1.08. The highest BCUT2D eigenvalue weighted by Gasteiger charge is 2.07. The Bertz CT molecular complexity index is 312. The predicted octanol–water partition coefficient (Wildman–Crippen LogP) is 3.93. The smallest absolute Gasteiger partial charge is 0.123 e. The van der Waals surface area contributed by atoms with Crippen molar-refractivity contribution in [1.82, 2.24) is 5.32 Å². The van der Waals surface area contributed by atoms with E-state index in [0.717, 1.165) is 12.0 Å². The van der Waals surface area contributed by atoms with Crippen LogP contribution in [0.4, 0.5) is 4.39 Å². The van der Waals surface area contributed by atoms with Crippen molar-refractivity contribution in [3.05, 3.63) is 35.6 Å². The van der Waals surface area contributed by atoms with E-state index in [2.05, 4.69) is 12.2 Å². The lowest BCUT2D eigenvalue weighted by Gasteiger charge is -2.16. The zero-order valence-electron chi connectivity index (χ0n) is 11.0. The number of likely N-dealkylation sites (N-methyl/N-ethyl adjacent to an activating group) is 1. The van der Waals surface area contributed by atoms with Gasteiger partial charge in [0.25, 0.3) is 0 Å². The molecule has 0 aromatic heterocycles. The van der Waals surface area contributed by atoms with E-state index in [9.17, 15) is 4.39 Å². The molecule has 1 nitrogen and oxygen atoms in total. The molecule has 1 aromatic carbocycles. The summed E-state index contributed by atoms with van der Waals surface area (Å²) < 4.78 is 13.1. The van der Waals surface area contributed by atoms with E-state index >= 15 is 0 Å². The number of nitrogens with one attached hydrogen (secondary N) is 1. The molecule has 0 heterocycles. The SMILES string of the molecule is CCCCCCC(Cc1cccc(F)c1)NC. The van der Waals surface area contributed by atoms with E-state index in [1.165, 1.54) is 38.2 Å². The monoisotopic (exact) mass is 237 g/mol. The minimum atomic E-state index is -0.136. The molecule has 0 aliphatic carbocycles. The number of rotatable bonds is 8. The third-order valence-corrected chi connectivity index (χ3v) is 3.19.